The van der Waals surface area contributed by atoms with Crippen LogP contribution in [0.2, 0.25) is 0 Å². The summed E-state index contributed by atoms with van der Waals surface area (Å²) in [7, 11) is 1.30. The Morgan fingerprint density at radius 2 is 1.88 bits per heavy atom. The van der Waals surface area contributed by atoms with Gasteiger partial charge in [-0.2, -0.15) is 13.2 Å². The van der Waals surface area contributed by atoms with Crippen molar-refractivity contribution >= 4 is 11.9 Å². The Hall–Kier alpha value is -3.18. The Morgan fingerprint density at radius 3 is 2.44 bits per heavy atom. The second-order valence-electron chi connectivity index (χ2n) is 11.7. The van der Waals surface area contributed by atoms with E-state index in [2.05, 4.69) is 4.98 Å². The van der Waals surface area contributed by atoms with Gasteiger partial charge in [0.15, 0.2) is 0 Å². The van der Waals surface area contributed by atoms with Gasteiger partial charge in [0.1, 0.15) is 12.1 Å². The number of carboxylic acids is 1. The first kappa shape index (κ1) is 30.8. The van der Waals surface area contributed by atoms with Gasteiger partial charge in [0.2, 0.25) is 5.88 Å². The molecule has 224 valence electrons. The number of ether oxygens (including phenoxy) is 3. The van der Waals surface area contributed by atoms with Gasteiger partial charge in [0.25, 0.3) is 5.91 Å². The number of alkyl halides is 3. The van der Waals surface area contributed by atoms with Gasteiger partial charge in [-0.15, -0.1) is 0 Å². The first-order valence-electron chi connectivity index (χ1n) is 13.7. The number of hydrogen-bond acceptors (Lipinski definition) is 6. The van der Waals surface area contributed by atoms with Crippen LogP contribution in [-0.4, -0.2) is 58.8 Å². The molecule has 1 aromatic heterocycles. The second-order valence-corrected chi connectivity index (χ2v) is 11.7. The molecule has 2 aliphatic rings. The highest BCUT2D eigenvalue weighted by atomic mass is 19.4. The molecule has 2 saturated heterocycles. The van der Waals surface area contributed by atoms with Crippen molar-refractivity contribution in [3.63, 3.8) is 0 Å². The topological polar surface area (TPSA) is 98.2 Å². The third kappa shape index (κ3) is 6.35. The molecule has 0 aliphatic carbocycles. The quantitative estimate of drug-likeness (QED) is 0.459. The number of hydrogen-bond donors (Lipinski definition) is 1. The predicted molar refractivity (Wildman–Crippen MR) is 143 cm³/mol. The van der Waals surface area contributed by atoms with E-state index < -0.39 is 59.2 Å². The molecule has 2 aliphatic heterocycles. The highest BCUT2D eigenvalue weighted by molar-refractivity contribution is 5.88. The number of nitrogens with zero attached hydrogens (tertiary/aromatic N) is 2. The molecule has 11 heteroatoms. The monoisotopic (exact) mass is 578 g/mol. The fourth-order valence-corrected chi connectivity index (χ4v) is 6.06. The Bertz CT molecular complexity index is 1260. The Kier molecular flexibility index (Phi) is 8.98. The van der Waals surface area contributed by atoms with Crippen LogP contribution >= 0.6 is 0 Å². The zero-order valence-electron chi connectivity index (χ0n) is 23.9. The van der Waals surface area contributed by atoms with Crippen molar-refractivity contribution in [2.75, 3.05) is 13.7 Å². The molecule has 8 nitrogen and oxygen atoms in total. The van der Waals surface area contributed by atoms with Crippen molar-refractivity contribution in [1.29, 1.82) is 0 Å². The number of amides is 1. The van der Waals surface area contributed by atoms with Crippen molar-refractivity contribution in [3.8, 4) is 5.88 Å². The third-order valence-corrected chi connectivity index (χ3v) is 7.95. The van der Waals surface area contributed by atoms with E-state index in [1.54, 1.807) is 6.07 Å². The van der Waals surface area contributed by atoms with Crippen LogP contribution in [0.25, 0.3) is 0 Å². The molecule has 2 fully saturated rings. The lowest BCUT2D eigenvalue weighted by atomic mass is 9.73. The summed E-state index contributed by atoms with van der Waals surface area (Å²) in [4.78, 5) is 32.2. The number of benzene rings is 1. The number of halogens is 3. The summed E-state index contributed by atoms with van der Waals surface area (Å²) < 4.78 is 58.0. The fourth-order valence-electron chi connectivity index (χ4n) is 6.06. The first-order chi connectivity index (χ1) is 19.3. The van der Waals surface area contributed by atoms with Crippen LogP contribution in [0.4, 0.5) is 13.2 Å². The van der Waals surface area contributed by atoms with Crippen molar-refractivity contribution in [1.82, 2.24) is 9.88 Å². The van der Waals surface area contributed by atoms with Crippen LogP contribution in [-0.2, 0) is 31.8 Å². The maximum absolute atomic E-state index is 14.1. The summed E-state index contributed by atoms with van der Waals surface area (Å²) in [6.07, 6.45) is -3.54. The summed E-state index contributed by atoms with van der Waals surface area (Å²) in [6, 6.07) is 6.17. The molecule has 0 spiro atoms. The average molecular weight is 579 g/mol. The largest absolute Gasteiger partial charge is 0.481 e. The van der Waals surface area contributed by atoms with E-state index in [-0.39, 0.29) is 18.1 Å². The molecule has 4 rings (SSSR count). The number of carboxylic acid groups (broad SMARTS) is 1. The number of aromatic nitrogens is 1. The minimum absolute atomic E-state index is 0.0333. The molecule has 2 aromatic rings. The van der Waals surface area contributed by atoms with Gasteiger partial charge in [0.05, 0.1) is 31.4 Å². The SMILES string of the molecule is COc1ncc(C(F)(F)F)cc1CO[C@H]1C(C(C)(C)C)[C@@H](C(=O)O)N(C(=O)[C@@H]2CCCCO2)[C@H]1c1ccccc1C. The van der Waals surface area contributed by atoms with Crippen LogP contribution in [0.3, 0.4) is 0 Å². The van der Waals surface area contributed by atoms with Gasteiger partial charge in [-0.05, 0) is 48.8 Å². The van der Waals surface area contributed by atoms with Gasteiger partial charge >= 0.3 is 12.1 Å². The number of carbonyl (C=O) groups is 2. The van der Waals surface area contributed by atoms with Crippen molar-refractivity contribution < 1.29 is 42.1 Å². The summed E-state index contributed by atoms with van der Waals surface area (Å²) in [5.41, 5.74) is -0.0429. The Labute approximate surface area is 237 Å². The van der Waals surface area contributed by atoms with Crippen LogP contribution in [0.5, 0.6) is 5.88 Å². The number of aryl methyl sites for hydroxylation is 1. The predicted octanol–water partition coefficient (Wildman–Crippen LogP) is 5.57. The number of rotatable bonds is 7. The molecule has 1 N–H and O–H groups in total. The zero-order chi connectivity index (χ0) is 30.1. The van der Waals surface area contributed by atoms with Gasteiger partial charge in [-0.3, -0.25) is 4.79 Å². The maximum atomic E-state index is 14.1. The van der Waals surface area contributed by atoms with Crippen molar-refractivity contribution in [2.24, 2.45) is 11.3 Å². The smallest absolute Gasteiger partial charge is 0.417 e. The number of pyridine rings is 1. The summed E-state index contributed by atoms with van der Waals surface area (Å²) in [6.45, 7) is 7.55. The molecule has 0 bridgehead atoms. The van der Waals surface area contributed by atoms with Gasteiger partial charge in [0, 0.05) is 24.3 Å². The van der Waals surface area contributed by atoms with E-state index in [4.69, 9.17) is 14.2 Å². The van der Waals surface area contributed by atoms with E-state index in [0.29, 0.717) is 24.8 Å². The minimum atomic E-state index is -4.63. The van der Waals surface area contributed by atoms with Gasteiger partial charge < -0.3 is 24.2 Å². The molecule has 0 radical (unpaired) electrons. The van der Waals surface area contributed by atoms with E-state index >= 15 is 0 Å². The average Bonchev–Trinajstić information content (AvgIpc) is 3.27. The summed E-state index contributed by atoms with van der Waals surface area (Å²) in [5.74, 6) is -2.36. The van der Waals surface area contributed by atoms with Crippen molar-refractivity contribution in [2.45, 2.75) is 84.0 Å². The molecule has 0 saturated carbocycles. The highest BCUT2D eigenvalue weighted by Crippen LogP contribution is 2.51. The highest BCUT2D eigenvalue weighted by Gasteiger charge is 2.59. The van der Waals surface area contributed by atoms with Crippen LogP contribution < -0.4 is 4.74 Å². The molecule has 3 heterocycles. The Morgan fingerprint density at radius 1 is 1.17 bits per heavy atom. The molecule has 41 heavy (non-hydrogen) atoms. The lowest BCUT2D eigenvalue weighted by Gasteiger charge is -2.35. The second kappa shape index (κ2) is 12.0. The third-order valence-electron chi connectivity index (χ3n) is 7.95. The molecular formula is C30H37F3N2O6. The van der Waals surface area contributed by atoms with Gasteiger partial charge in [-0.25, -0.2) is 9.78 Å². The van der Waals surface area contributed by atoms with Crippen LogP contribution in [0.1, 0.15) is 68.3 Å². The van der Waals surface area contributed by atoms with E-state index in [0.717, 1.165) is 24.5 Å². The number of aliphatic carboxylic acids is 1. The summed E-state index contributed by atoms with van der Waals surface area (Å²) in [5, 5.41) is 10.6. The van der Waals surface area contributed by atoms with Crippen LogP contribution in [0.15, 0.2) is 36.5 Å². The van der Waals surface area contributed by atoms with E-state index in [9.17, 15) is 27.9 Å². The number of methoxy groups -OCH3 is 1. The summed E-state index contributed by atoms with van der Waals surface area (Å²) >= 11 is 0. The standard InChI is InChI=1S/C30H37F3N2O6/c1-17-10-6-7-11-20(17)23-25(41-16-18-14-19(30(31,32)33)15-34-26(18)39-5)22(29(2,3)4)24(28(37)38)35(23)27(36)21-12-8-9-13-40-21/h6-7,10-11,14-15,21-25H,8-9,12-13,16H2,1-5H3,(H,37,38)/t21-,22?,23-,24-,25-/m0/s1. The maximum Gasteiger partial charge on any atom is 0.417 e. The number of likely N-dealkylation sites (tertiary alicyclic amines) is 1. The zero-order valence-corrected chi connectivity index (χ0v) is 23.9. The Balaban J connectivity index is 1.84. The molecule has 5 atom stereocenters. The molecular weight excluding hydrogens is 541 g/mol. The fraction of sp³-hybridized carbons (Fsp3) is 0.567. The lowest BCUT2D eigenvalue weighted by Crippen LogP contribution is -2.51. The van der Waals surface area contributed by atoms with Gasteiger partial charge in [-0.1, -0.05) is 45.0 Å². The first-order valence-corrected chi connectivity index (χ1v) is 13.7. The molecule has 1 aromatic carbocycles. The normalized spacial score (nSPS) is 25.3. The van der Waals surface area contributed by atoms with E-state index in [1.807, 2.05) is 45.9 Å². The lowest BCUT2D eigenvalue weighted by molar-refractivity contribution is -0.159. The van der Waals surface area contributed by atoms with E-state index in [1.165, 1.54) is 12.0 Å². The molecule has 1 unspecified atom stereocenters. The minimum Gasteiger partial charge on any atom is -0.481 e. The van der Waals surface area contributed by atoms with Crippen molar-refractivity contribution in [3.05, 3.63) is 58.8 Å². The number of carbonyl (C=O) groups excluding carboxylic acids is 1. The molecule has 1 amide bonds. The van der Waals surface area contributed by atoms with Crippen LogP contribution in [0, 0.1) is 18.3 Å².